The second kappa shape index (κ2) is 8.30. The second-order valence-electron chi connectivity index (χ2n) is 6.27. The topological polar surface area (TPSA) is 93.2 Å². The van der Waals surface area contributed by atoms with Gasteiger partial charge in [0.05, 0.1) is 12.7 Å². The van der Waals surface area contributed by atoms with Gasteiger partial charge in [-0.2, -0.15) is 0 Å². The normalized spacial score (nSPS) is 10.2. The number of carbonyl (C=O) groups excluding carboxylic acids is 2. The number of nitrogens with zero attached hydrogens (tertiary/aromatic N) is 2. The number of anilines is 3. The highest BCUT2D eigenvalue weighted by Crippen LogP contribution is 2.20. The Morgan fingerprint density at radius 1 is 0.929 bits per heavy atom. The highest BCUT2D eigenvalue weighted by atomic mass is 16.5. The first-order chi connectivity index (χ1) is 13.5. The predicted octanol–water partition coefficient (Wildman–Crippen LogP) is 3.88. The Labute approximate surface area is 162 Å². The molecule has 0 aliphatic rings. The summed E-state index contributed by atoms with van der Waals surface area (Å²) in [5.74, 6) is -0.280. The van der Waals surface area contributed by atoms with Crippen molar-refractivity contribution in [2.45, 2.75) is 13.8 Å². The summed E-state index contributed by atoms with van der Waals surface area (Å²) in [5.41, 5.74) is 4.34. The number of rotatable bonds is 5. The van der Waals surface area contributed by atoms with Crippen molar-refractivity contribution >= 4 is 29.1 Å². The van der Waals surface area contributed by atoms with Gasteiger partial charge in [0.2, 0.25) is 0 Å². The van der Waals surface area contributed by atoms with Crippen LogP contribution in [-0.2, 0) is 4.74 Å². The van der Waals surface area contributed by atoms with Crippen molar-refractivity contribution in [3.63, 3.8) is 0 Å². The number of aromatic nitrogens is 2. The molecule has 142 valence electrons. The molecule has 7 nitrogen and oxygen atoms in total. The minimum Gasteiger partial charge on any atom is -0.465 e. The average Bonchev–Trinajstić information content (AvgIpc) is 2.70. The minimum atomic E-state index is -0.435. The summed E-state index contributed by atoms with van der Waals surface area (Å²) in [5, 5.41) is 13.9. The molecule has 2 aromatic carbocycles. The van der Waals surface area contributed by atoms with E-state index in [0.717, 1.165) is 11.3 Å². The Balaban J connectivity index is 1.65. The summed E-state index contributed by atoms with van der Waals surface area (Å²) in [6, 6.07) is 15.7. The van der Waals surface area contributed by atoms with Crippen LogP contribution in [0, 0.1) is 13.8 Å². The zero-order valence-electron chi connectivity index (χ0n) is 15.8. The quantitative estimate of drug-likeness (QED) is 0.657. The number of benzene rings is 2. The lowest BCUT2D eigenvalue weighted by Crippen LogP contribution is -2.14. The maximum Gasteiger partial charge on any atom is 0.337 e. The van der Waals surface area contributed by atoms with Gasteiger partial charge in [-0.1, -0.05) is 17.7 Å². The zero-order valence-corrected chi connectivity index (χ0v) is 15.8. The number of nitrogens with one attached hydrogen (secondary N) is 2. The predicted molar refractivity (Wildman–Crippen MR) is 107 cm³/mol. The molecular formula is C21H20N4O3. The molecule has 0 bridgehead atoms. The van der Waals surface area contributed by atoms with E-state index in [4.69, 9.17) is 0 Å². The van der Waals surface area contributed by atoms with Gasteiger partial charge in [0.25, 0.3) is 5.91 Å². The summed E-state index contributed by atoms with van der Waals surface area (Å²) >= 11 is 0. The molecule has 28 heavy (non-hydrogen) atoms. The van der Waals surface area contributed by atoms with E-state index < -0.39 is 11.9 Å². The van der Waals surface area contributed by atoms with Crippen LogP contribution in [-0.4, -0.2) is 29.2 Å². The fraction of sp³-hybridized carbons (Fsp3) is 0.143. The van der Waals surface area contributed by atoms with Crippen molar-refractivity contribution in [1.82, 2.24) is 10.2 Å². The number of aryl methyl sites for hydroxylation is 2. The van der Waals surface area contributed by atoms with Crippen LogP contribution in [0.3, 0.4) is 0 Å². The molecule has 1 heterocycles. The molecule has 1 amide bonds. The van der Waals surface area contributed by atoms with E-state index in [1.54, 1.807) is 36.4 Å². The first kappa shape index (κ1) is 19.0. The Morgan fingerprint density at radius 2 is 1.68 bits per heavy atom. The molecule has 0 spiro atoms. The smallest absolute Gasteiger partial charge is 0.337 e. The van der Waals surface area contributed by atoms with E-state index in [2.05, 4.69) is 31.6 Å². The van der Waals surface area contributed by atoms with Gasteiger partial charge in [-0.3, -0.25) is 4.79 Å². The summed E-state index contributed by atoms with van der Waals surface area (Å²) in [6.07, 6.45) is 0. The van der Waals surface area contributed by atoms with Gasteiger partial charge in [-0.15, -0.1) is 10.2 Å². The number of ether oxygens (including phenoxy) is 1. The molecule has 0 saturated heterocycles. The van der Waals surface area contributed by atoms with Gasteiger partial charge in [-0.05, 0) is 61.9 Å². The van der Waals surface area contributed by atoms with Gasteiger partial charge in [0.1, 0.15) is 0 Å². The number of hydrogen-bond acceptors (Lipinski definition) is 6. The first-order valence-electron chi connectivity index (χ1n) is 8.64. The van der Waals surface area contributed by atoms with Gasteiger partial charge < -0.3 is 15.4 Å². The second-order valence-corrected chi connectivity index (χ2v) is 6.27. The standard InChI is InChI=1S/C21H20N4O3/c1-13-4-9-17(14(2)12-13)23-19-11-10-18(24-25-19)20(26)22-16-7-5-15(6-8-16)21(27)28-3/h4-12H,1-3H3,(H,22,26)(H,23,25). The molecule has 0 unspecified atom stereocenters. The molecule has 0 saturated carbocycles. The number of esters is 1. The third-order valence-corrected chi connectivity index (χ3v) is 4.11. The third kappa shape index (κ3) is 4.50. The number of hydrogen-bond donors (Lipinski definition) is 2. The summed E-state index contributed by atoms with van der Waals surface area (Å²) in [4.78, 5) is 23.8. The number of methoxy groups -OCH3 is 1. The van der Waals surface area contributed by atoms with E-state index >= 15 is 0 Å². The highest BCUT2D eigenvalue weighted by molar-refractivity contribution is 6.03. The van der Waals surface area contributed by atoms with E-state index in [0.29, 0.717) is 17.1 Å². The number of amides is 1. The SMILES string of the molecule is COC(=O)c1ccc(NC(=O)c2ccc(Nc3ccc(C)cc3C)nn2)cc1. The molecule has 1 aromatic heterocycles. The minimum absolute atomic E-state index is 0.184. The Hall–Kier alpha value is -3.74. The third-order valence-electron chi connectivity index (χ3n) is 4.11. The van der Waals surface area contributed by atoms with Crippen molar-refractivity contribution in [2.75, 3.05) is 17.7 Å². The van der Waals surface area contributed by atoms with E-state index in [1.807, 2.05) is 26.0 Å². The summed E-state index contributed by atoms with van der Waals surface area (Å²) < 4.78 is 4.64. The fourth-order valence-electron chi connectivity index (χ4n) is 2.61. The van der Waals surface area contributed by atoms with Gasteiger partial charge >= 0.3 is 5.97 Å². The van der Waals surface area contributed by atoms with E-state index in [1.165, 1.54) is 12.7 Å². The molecule has 7 heteroatoms. The van der Waals surface area contributed by atoms with Crippen LogP contribution in [0.4, 0.5) is 17.2 Å². The van der Waals surface area contributed by atoms with Crippen molar-refractivity contribution < 1.29 is 14.3 Å². The molecule has 0 aliphatic heterocycles. The van der Waals surface area contributed by atoms with Crippen LogP contribution in [0.1, 0.15) is 32.0 Å². The van der Waals surface area contributed by atoms with Crippen molar-refractivity contribution in [3.8, 4) is 0 Å². The van der Waals surface area contributed by atoms with Crippen LogP contribution in [0.5, 0.6) is 0 Å². The zero-order chi connectivity index (χ0) is 20.1. The molecule has 0 atom stereocenters. The molecule has 3 rings (SSSR count). The monoisotopic (exact) mass is 376 g/mol. The van der Waals surface area contributed by atoms with Crippen molar-refractivity contribution in [1.29, 1.82) is 0 Å². The first-order valence-corrected chi connectivity index (χ1v) is 8.64. The molecule has 0 fully saturated rings. The fourth-order valence-corrected chi connectivity index (χ4v) is 2.61. The molecule has 2 N–H and O–H groups in total. The average molecular weight is 376 g/mol. The number of carbonyl (C=O) groups is 2. The molecule has 0 radical (unpaired) electrons. The maximum atomic E-state index is 12.3. The lowest BCUT2D eigenvalue weighted by molar-refractivity contribution is 0.0600. The van der Waals surface area contributed by atoms with Gasteiger partial charge in [0.15, 0.2) is 11.5 Å². The van der Waals surface area contributed by atoms with Gasteiger partial charge in [-0.25, -0.2) is 4.79 Å². The van der Waals surface area contributed by atoms with E-state index in [-0.39, 0.29) is 5.69 Å². The highest BCUT2D eigenvalue weighted by Gasteiger charge is 2.10. The van der Waals surface area contributed by atoms with Crippen molar-refractivity contribution in [2.24, 2.45) is 0 Å². The van der Waals surface area contributed by atoms with Crippen LogP contribution in [0.15, 0.2) is 54.6 Å². The molecule has 0 aliphatic carbocycles. The van der Waals surface area contributed by atoms with Crippen LogP contribution in [0.2, 0.25) is 0 Å². The van der Waals surface area contributed by atoms with Crippen LogP contribution >= 0.6 is 0 Å². The van der Waals surface area contributed by atoms with Gasteiger partial charge in [0, 0.05) is 11.4 Å². The summed E-state index contributed by atoms with van der Waals surface area (Å²) in [6.45, 7) is 4.04. The molecule has 3 aromatic rings. The Bertz CT molecular complexity index is 999. The van der Waals surface area contributed by atoms with Crippen molar-refractivity contribution in [3.05, 3.63) is 77.0 Å². The largest absolute Gasteiger partial charge is 0.465 e. The van der Waals surface area contributed by atoms with Crippen LogP contribution in [0.25, 0.3) is 0 Å². The molecular weight excluding hydrogens is 356 g/mol. The lowest BCUT2D eigenvalue weighted by atomic mass is 10.1. The Kier molecular flexibility index (Phi) is 5.64. The summed E-state index contributed by atoms with van der Waals surface area (Å²) in [7, 11) is 1.31. The van der Waals surface area contributed by atoms with E-state index in [9.17, 15) is 9.59 Å². The lowest BCUT2D eigenvalue weighted by Gasteiger charge is -2.09. The maximum absolute atomic E-state index is 12.3. The van der Waals surface area contributed by atoms with Crippen LogP contribution < -0.4 is 10.6 Å². The Morgan fingerprint density at radius 3 is 2.29 bits per heavy atom.